The molecule has 0 aromatic heterocycles. The Kier molecular flexibility index (Phi) is 5.15. The minimum atomic E-state index is -0.427. The van der Waals surface area contributed by atoms with E-state index in [2.05, 4.69) is 5.32 Å². The van der Waals surface area contributed by atoms with E-state index in [-0.39, 0.29) is 24.6 Å². The summed E-state index contributed by atoms with van der Waals surface area (Å²) in [4.78, 5) is 11.8. The van der Waals surface area contributed by atoms with Crippen molar-refractivity contribution >= 4 is 11.6 Å². The Morgan fingerprint density at radius 1 is 1.18 bits per heavy atom. The Labute approximate surface area is 130 Å². The van der Waals surface area contributed by atoms with Crippen molar-refractivity contribution in [3.63, 3.8) is 0 Å². The molecule has 2 aromatic carbocycles. The number of amides is 1. The molecular formula is C18H20FNO2. The van der Waals surface area contributed by atoms with Gasteiger partial charge in [0.1, 0.15) is 11.6 Å². The summed E-state index contributed by atoms with van der Waals surface area (Å²) in [6.07, 6.45) is 0.167. The molecule has 0 heterocycles. The summed E-state index contributed by atoms with van der Waals surface area (Å²) < 4.78 is 19.3. The van der Waals surface area contributed by atoms with Crippen LogP contribution in [0.1, 0.15) is 23.1 Å². The second kappa shape index (κ2) is 7.07. The van der Waals surface area contributed by atoms with Crippen LogP contribution in [0.3, 0.4) is 0 Å². The van der Waals surface area contributed by atoms with Gasteiger partial charge in [0.05, 0.1) is 18.7 Å². The van der Waals surface area contributed by atoms with Gasteiger partial charge in [-0.1, -0.05) is 18.2 Å². The molecule has 0 radical (unpaired) electrons. The molecule has 116 valence electrons. The summed E-state index contributed by atoms with van der Waals surface area (Å²) in [7, 11) is 0. The first kappa shape index (κ1) is 16.0. The molecule has 0 saturated heterocycles. The first-order chi connectivity index (χ1) is 10.5. The number of rotatable bonds is 5. The van der Waals surface area contributed by atoms with Gasteiger partial charge in [-0.15, -0.1) is 0 Å². The van der Waals surface area contributed by atoms with Crippen molar-refractivity contribution in [2.75, 3.05) is 11.9 Å². The van der Waals surface area contributed by atoms with Crippen LogP contribution in [0.4, 0.5) is 10.1 Å². The number of benzene rings is 2. The van der Waals surface area contributed by atoms with Gasteiger partial charge in [-0.05, 0) is 55.7 Å². The lowest BCUT2D eigenvalue weighted by Crippen LogP contribution is -2.16. The van der Waals surface area contributed by atoms with E-state index in [1.807, 2.05) is 32.0 Å². The van der Waals surface area contributed by atoms with Crippen LogP contribution in [0.2, 0.25) is 0 Å². The minimum Gasteiger partial charge on any atom is -0.493 e. The summed E-state index contributed by atoms with van der Waals surface area (Å²) >= 11 is 0. The van der Waals surface area contributed by atoms with Crippen LogP contribution in [0, 0.1) is 26.6 Å². The molecule has 0 aliphatic carbocycles. The Bertz CT molecular complexity index is 683. The van der Waals surface area contributed by atoms with E-state index in [0.717, 1.165) is 22.4 Å². The van der Waals surface area contributed by atoms with Gasteiger partial charge < -0.3 is 10.1 Å². The summed E-state index contributed by atoms with van der Waals surface area (Å²) in [5, 5.41) is 2.56. The number of nitrogens with one attached hydrogen (secondary N) is 1. The predicted molar refractivity (Wildman–Crippen MR) is 85.8 cm³/mol. The van der Waals surface area contributed by atoms with Gasteiger partial charge in [-0.3, -0.25) is 4.79 Å². The van der Waals surface area contributed by atoms with Gasteiger partial charge in [0, 0.05) is 0 Å². The van der Waals surface area contributed by atoms with Gasteiger partial charge in [0.15, 0.2) is 0 Å². The third kappa shape index (κ3) is 4.07. The maximum atomic E-state index is 13.6. The van der Waals surface area contributed by atoms with E-state index in [1.165, 1.54) is 6.07 Å². The Hall–Kier alpha value is -2.36. The lowest BCUT2D eigenvalue weighted by atomic mass is 10.1. The molecule has 0 unspecified atom stereocenters. The van der Waals surface area contributed by atoms with Crippen molar-refractivity contribution in [1.29, 1.82) is 0 Å². The van der Waals surface area contributed by atoms with Gasteiger partial charge in [-0.2, -0.15) is 0 Å². The predicted octanol–water partition coefficient (Wildman–Crippen LogP) is 4.16. The summed E-state index contributed by atoms with van der Waals surface area (Å²) in [5.74, 6) is 0.0752. The molecule has 2 rings (SSSR count). The number of hydrogen-bond donors (Lipinski definition) is 1. The van der Waals surface area contributed by atoms with Gasteiger partial charge in [-0.25, -0.2) is 4.39 Å². The van der Waals surface area contributed by atoms with Crippen molar-refractivity contribution < 1.29 is 13.9 Å². The van der Waals surface area contributed by atoms with E-state index < -0.39 is 5.82 Å². The maximum Gasteiger partial charge on any atom is 0.227 e. The number of ether oxygens (including phenoxy) is 1. The van der Waals surface area contributed by atoms with E-state index in [0.29, 0.717) is 0 Å². The summed E-state index contributed by atoms with van der Waals surface area (Å²) in [6, 6.07) is 10.5. The van der Waals surface area contributed by atoms with Crippen LogP contribution in [-0.4, -0.2) is 12.5 Å². The fourth-order valence-electron chi connectivity index (χ4n) is 2.07. The van der Waals surface area contributed by atoms with Gasteiger partial charge in [0.2, 0.25) is 5.91 Å². The number of aryl methyl sites for hydroxylation is 2. The Balaban J connectivity index is 1.87. The van der Waals surface area contributed by atoms with Gasteiger partial charge >= 0.3 is 0 Å². The van der Waals surface area contributed by atoms with Crippen LogP contribution in [0.5, 0.6) is 5.75 Å². The molecule has 0 atom stereocenters. The molecule has 0 aliphatic rings. The van der Waals surface area contributed by atoms with Crippen LogP contribution in [-0.2, 0) is 4.79 Å². The van der Waals surface area contributed by atoms with E-state index in [9.17, 15) is 9.18 Å². The van der Waals surface area contributed by atoms with Crippen molar-refractivity contribution in [3.8, 4) is 5.75 Å². The van der Waals surface area contributed by atoms with Crippen LogP contribution >= 0.6 is 0 Å². The highest BCUT2D eigenvalue weighted by Crippen LogP contribution is 2.21. The van der Waals surface area contributed by atoms with Crippen LogP contribution < -0.4 is 10.1 Å². The quantitative estimate of drug-likeness (QED) is 0.900. The molecule has 1 amide bonds. The minimum absolute atomic E-state index is 0.167. The van der Waals surface area contributed by atoms with Crippen LogP contribution in [0.15, 0.2) is 36.4 Å². The molecule has 0 spiro atoms. The van der Waals surface area contributed by atoms with E-state index >= 15 is 0 Å². The number of carbonyl (C=O) groups excluding carboxylic acids is 1. The molecule has 0 aliphatic heterocycles. The molecule has 3 nitrogen and oxygen atoms in total. The Morgan fingerprint density at radius 3 is 2.68 bits per heavy atom. The zero-order chi connectivity index (χ0) is 16.1. The van der Waals surface area contributed by atoms with E-state index in [4.69, 9.17) is 4.74 Å². The summed E-state index contributed by atoms with van der Waals surface area (Å²) in [6.45, 7) is 6.04. The highest BCUT2D eigenvalue weighted by atomic mass is 19.1. The third-order valence-corrected chi connectivity index (χ3v) is 3.54. The normalized spacial score (nSPS) is 10.4. The molecule has 0 saturated carbocycles. The zero-order valence-electron chi connectivity index (χ0n) is 13.1. The second-order valence-corrected chi connectivity index (χ2v) is 5.33. The average molecular weight is 301 g/mol. The summed E-state index contributed by atoms with van der Waals surface area (Å²) in [5.41, 5.74) is 3.22. The second-order valence-electron chi connectivity index (χ2n) is 5.33. The Morgan fingerprint density at radius 2 is 1.95 bits per heavy atom. The fourth-order valence-corrected chi connectivity index (χ4v) is 2.07. The largest absolute Gasteiger partial charge is 0.493 e. The van der Waals surface area contributed by atoms with Crippen molar-refractivity contribution in [3.05, 3.63) is 58.9 Å². The average Bonchev–Trinajstić information content (AvgIpc) is 2.46. The molecule has 4 heteroatoms. The van der Waals surface area contributed by atoms with Crippen molar-refractivity contribution in [2.45, 2.75) is 27.2 Å². The monoisotopic (exact) mass is 301 g/mol. The molecule has 22 heavy (non-hydrogen) atoms. The maximum absolute atomic E-state index is 13.6. The molecular weight excluding hydrogens is 281 g/mol. The standard InChI is InChI=1S/C18H20FNO2/c1-12-7-8-16(15(19)11-12)20-18(21)9-10-22-17-6-4-5-13(2)14(17)3/h4-8,11H,9-10H2,1-3H3,(H,20,21). The third-order valence-electron chi connectivity index (χ3n) is 3.54. The topological polar surface area (TPSA) is 38.3 Å². The number of hydrogen-bond acceptors (Lipinski definition) is 2. The molecule has 1 N–H and O–H groups in total. The zero-order valence-corrected chi connectivity index (χ0v) is 13.1. The number of anilines is 1. The molecule has 2 aromatic rings. The first-order valence-electron chi connectivity index (χ1n) is 7.22. The fraction of sp³-hybridized carbons (Fsp3) is 0.278. The van der Waals surface area contributed by atoms with Crippen molar-refractivity contribution in [1.82, 2.24) is 0 Å². The van der Waals surface area contributed by atoms with Crippen LogP contribution in [0.25, 0.3) is 0 Å². The SMILES string of the molecule is Cc1ccc(NC(=O)CCOc2cccc(C)c2C)c(F)c1. The smallest absolute Gasteiger partial charge is 0.227 e. The van der Waals surface area contributed by atoms with Gasteiger partial charge in [0.25, 0.3) is 0 Å². The highest BCUT2D eigenvalue weighted by molar-refractivity contribution is 5.90. The first-order valence-corrected chi connectivity index (χ1v) is 7.22. The number of carbonyl (C=O) groups is 1. The highest BCUT2D eigenvalue weighted by Gasteiger charge is 2.08. The lowest BCUT2D eigenvalue weighted by molar-refractivity contribution is -0.116. The van der Waals surface area contributed by atoms with Crippen molar-refractivity contribution in [2.24, 2.45) is 0 Å². The number of halogens is 1. The molecule has 0 bridgehead atoms. The lowest BCUT2D eigenvalue weighted by Gasteiger charge is -2.11. The molecule has 0 fully saturated rings. The van der Waals surface area contributed by atoms with E-state index in [1.54, 1.807) is 19.1 Å².